The summed E-state index contributed by atoms with van der Waals surface area (Å²) in [5.41, 5.74) is 2.87. The van der Waals surface area contributed by atoms with E-state index in [4.69, 9.17) is 4.74 Å². The number of nitro benzene ring substituents is 1. The number of benzene rings is 3. The van der Waals surface area contributed by atoms with E-state index in [1.54, 1.807) is 24.3 Å². The summed E-state index contributed by atoms with van der Waals surface area (Å²) in [6.07, 6.45) is 0. The lowest BCUT2D eigenvalue weighted by molar-refractivity contribution is -0.384. The molecule has 3 rings (SSSR count). The summed E-state index contributed by atoms with van der Waals surface area (Å²) < 4.78 is 5.15. The SMILES string of the molecule is N#Cc1ccccc1-c1ccc(COC(=O)CNC(=O)c2cccc([N+](=O)[O-])c2)cc1. The minimum Gasteiger partial charge on any atom is -0.460 e. The zero-order valence-electron chi connectivity index (χ0n) is 16.3. The third-order valence-electron chi connectivity index (χ3n) is 4.42. The van der Waals surface area contributed by atoms with E-state index in [9.17, 15) is 25.0 Å². The van der Waals surface area contributed by atoms with Crippen molar-refractivity contribution in [3.8, 4) is 17.2 Å². The Morgan fingerprint density at radius 2 is 1.77 bits per heavy atom. The Morgan fingerprint density at radius 1 is 1.03 bits per heavy atom. The van der Waals surface area contributed by atoms with Gasteiger partial charge < -0.3 is 10.1 Å². The van der Waals surface area contributed by atoms with Crippen LogP contribution in [0.25, 0.3) is 11.1 Å². The molecule has 0 saturated heterocycles. The van der Waals surface area contributed by atoms with Gasteiger partial charge in [-0.1, -0.05) is 48.5 Å². The fraction of sp³-hybridized carbons (Fsp3) is 0.0870. The van der Waals surface area contributed by atoms with Crippen molar-refractivity contribution < 1.29 is 19.2 Å². The number of non-ortho nitro benzene ring substituents is 1. The van der Waals surface area contributed by atoms with Crippen LogP contribution in [0.15, 0.2) is 72.8 Å². The molecule has 8 nitrogen and oxygen atoms in total. The Hall–Kier alpha value is -4.51. The summed E-state index contributed by atoms with van der Waals surface area (Å²) >= 11 is 0. The van der Waals surface area contributed by atoms with Crippen molar-refractivity contribution in [2.45, 2.75) is 6.61 Å². The highest BCUT2D eigenvalue weighted by atomic mass is 16.6. The Bertz CT molecular complexity index is 1170. The first-order chi connectivity index (χ1) is 15.0. The van der Waals surface area contributed by atoms with Gasteiger partial charge in [0.2, 0.25) is 0 Å². The number of rotatable bonds is 7. The summed E-state index contributed by atoms with van der Waals surface area (Å²) in [5.74, 6) is -1.25. The first-order valence-corrected chi connectivity index (χ1v) is 9.24. The van der Waals surface area contributed by atoms with Crippen molar-refractivity contribution >= 4 is 17.6 Å². The number of hydrogen-bond donors (Lipinski definition) is 1. The number of amides is 1. The number of carbonyl (C=O) groups excluding carboxylic acids is 2. The Morgan fingerprint density at radius 3 is 2.48 bits per heavy atom. The van der Waals surface area contributed by atoms with E-state index in [1.165, 1.54) is 18.2 Å². The molecule has 154 valence electrons. The Kier molecular flexibility index (Phi) is 6.71. The minimum absolute atomic E-state index is 0.0195. The lowest BCUT2D eigenvalue weighted by Gasteiger charge is -2.08. The Labute approximate surface area is 177 Å². The maximum absolute atomic E-state index is 12.1. The van der Waals surface area contributed by atoms with Gasteiger partial charge in [-0.2, -0.15) is 5.26 Å². The molecule has 3 aromatic carbocycles. The van der Waals surface area contributed by atoms with Crippen LogP contribution in [-0.2, 0) is 16.1 Å². The molecule has 31 heavy (non-hydrogen) atoms. The molecule has 0 aromatic heterocycles. The second-order valence-corrected chi connectivity index (χ2v) is 6.51. The van der Waals surface area contributed by atoms with E-state index in [2.05, 4.69) is 11.4 Å². The predicted octanol–water partition coefficient (Wildman–Crippen LogP) is 3.61. The number of nitrogens with one attached hydrogen (secondary N) is 1. The number of hydrogen-bond acceptors (Lipinski definition) is 6. The van der Waals surface area contributed by atoms with Crippen LogP contribution < -0.4 is 5.32 Å². The molecule has 0 fully saturated rings. The van der Waals surface area contributed by atoms with E-state index in [0.29, 0.717) is 5.56 Å². The molecule has 0 radical (unpaired) electrons. The van der Waals surface area contributed by atoms with Gasteiger partial charge in [-0.15, -0.1) is 0 Å². The van der Waals surface area contributed by atoms with Crippen LogP contribution in [0.2, 0.25) is 0 Å². The van der Waals surface area contributed by atoms with Gasteiger partial charge in [-0.25, -0.2) is 0 Å². The minimum atomic E-state index is -0.641. The first-order valence-electron chi connectivity index (χ1n) is 9.24. The van der Waals surface area contributed by atoms with Crippen LogP contribution in [0.5, 0.6) is 0 Å². The lowest BCUT2D eigenvalue weighted by atomic mass is 9.99. The molecule has 0 aliphatic carbocycles. The third kappa shape index (κ3) is 5.52. The smallest absolute Gasteiger partial charge is 0.325 e. The summed E-state index contributed by atoms with van der Waals surface area (Å²) in [7, 11) is 0. The van der Waals surface area contributed by atoms with E-state index < -0.39 is 16.8 Å². The molecule has 0 aliphatic heterocycles. The van der Waals surface area contributed by atoms with Crippen molar-refractivity contribution in [2.24, 2.45) is 0 Å². The van der Waals surface area contributed by atoms with Gasteiger partial charge in [-0.05, 0) is 28.8 Å². The molecular formula is C23H17N3O5. The average molecular weight is 415 g/mol. The molecule has 0 atom stereocenters. The maximum Gasteiger partial charge on any atom is 0.325 e. The van der Waals surface area contributed by atoms with Crippen molar-refractivity contribution in [3.63, 3.8) is 0 Å². The van der Waals surface area contributed by atoms with Gasteiger partial charge >= 0.3 is 5.97 Å². The third-order valence-corrected chi connectivity index (χ3v) is 4.42. The fourth-order valence-electron chi connectivity index (χ4n) is 2.84. The molecule has 1 amide bonds. The summed E-state index contributed by atoms with van der Waals surface area (Å²) in [5, 5.41) is 22.4. The van der Waals surface area contributed by atoms with Crippen LogP contribution in [0.4, 0.5) is 5.69 Å². The molecule has 8 heteroatoms. The van der Waals surface area contributed by atoms with Crippen molar-refractivity contribution in [1.82, 2.24) is 5.32 Å². The summed E-state index contributed by atoms with van der Waals surface area (Å²) in [6, 6.07) is 21.9. The van der Waals surface area contributed by atoms with Crippen molar-refractivity contribution in [3.05, 3.63) is 99.6 Å². The van der Waals surface area contributed by atoms with Crippen LogP contribution >= 0.6 is 0 Å². The fourth-order valence-corrected chi connectivity index (χ4v) is 2.84. The summed E-state index contributed by atoms with van der Waals surface area (Å²) in [6.45, 7) is -0.346. The van der Waals surface area contributed by atoms with Crippen molar-refractivity contribution in [1.29, 1.82) is 5.26 Å². The molecule has 0 spiro atoms. The largest absolute Gasteiger partial charge is 0.460 e. The molecular weight excluding hydrogens is 398 g/mol. The number of carbonyl (C=O) groups is 2. The number of esters is 1. The van der Waals surface area contributed by atoms with Crippen LogP contribution in [-0.4, -0.2) is 23.3 Å². The van der Waals surface area contributed by atoms with Gasteiger partial charge in [-0.3, -0.25) is 19.7 Å². The molecule has 0 unspecified atom stereocenters. The molecule has 0 saturated carbocycles. The molecule has 0 aliphatic rings. The van der Waals surface area contributed by atoms with Crippen LogP contribution in [0, 0.1) is 21.4 Å². The lowest BCUT2D eigenvalue weighted by Crippen LogP contribution is -2.30. The van der Waals surface area contributed by atoms with Gasteiger partial charge in [0.15, 0.2) is 0 Å². The quantitative estimate of drug-likeness (QED) is 0.357. The number of nitriles is 1. The van der Waals surface area contributed by atoms with E-state index in [1.807, 2.05) is 24.3 Å². The molecule has 0 heterocycles. The molecule has 3 aromatic rings. The molecule has 0 bridgehead atoms. The maximum atomic E-state index is 12.1. The number of nitrogens with zero attached hydrogens (tertiary/aromatic N) is 2. The van der Waals surface area contributed by atoms with E-state index in [-0.39, 0.29) is 24.4 Å². The summed E-state index contributed by atoms with van der Waals surface area (Å²) in [4.78, 5) is 34.2. The highest BCUT2D eigenvalue weighted by Crippen LogP contribution is 2.23. The highest BCUT2D eigenvalue weighted by Gasteiger charge is 2.13. The highest BCUT2D eigenvalue weighted by molar-refractivity contribution is 5.96. The average Bonchev–Trinajstić information content (AvgIpc) is 2.81. The topological polar surface area (TPSA) is 122 Å². The number of ether oxygens (including phenoxy) is 1. The van der Waals surface area contributed by atoms with Crippen LogP contribution in [0.1, 0.15) is 21.5 Å². The van der Waals surface area contributed by atoms with Gasteiger partial charge in [0, 0.05) is 17.7 Å². The zero-order chi connectivity index (χ0) is 22.2. The monoisotopic (exact) mass is 415 g/mol. The van der Waals surface area contributed by atoms with Gasteiger partial charge in [0.25, 0.3) is 11.6 Å². The van der Waals surface area contributed by atoms with E-state index in [0.717, 1.165) is 22.8 Å². The normalized spacial score (nSPS) is 10.0. The van der Waals surface area contributed by atoms with Crippen molar-refractivity contribution in [2.75, 3.05) is 6.54 Å². The predicted molar refractivity (Wildman–Crippen MR) is 112 cm³/mol. The van der Waals surface area contributed by atoms with Gasteiger partial charge in [0.05, 0.1) is 16.6 Å². The van der Waals surface area contributed by atoms with E-state index >= 15 is 0 Å². The Balaban J connectivity index is 1.52. The number of nitro groups is 1. The standard InChI is InChI=1S/C23H17N3O5/c24-13-19-4-1-2-7-21(19)17-10-8-16(9-11-17)15-31-22(27)14-25-23(28)18-5-3-6-20(12-18)26(29)30/h1-12H,14-15H2,(H,25,28). The first kappa shape index (κ1) is 21.2. The molecule has 1 N–H and O–H groups in total. The zero-order valence-corrected chi connectivity index (χ0v) is 16.3. The van der Waals surface area contributed by atoms with Gasteiger partial charge in [0.1, 0.15) is 13.2 Å². The second-order valence-electron chi connectivity index (χ2n) is 6.51. The van der Waals surface area contributed by atoms with Crippen LogP contribution in [0.3, 0.4) is 0 Å². The second kappa shape index (κ2) is 9.80.